The number of methoxy groups -OCH3 is 6. The van der Waals surface area contributed by atoms with Crippen molar-refractivity contribution in [2.75, 3.05) is 42.7 Å². The summed E-state index contributed by atoms with van der Waals surface area (Å²) in [7, 11) is 8.41. The Hall–Kier alpha value is -2.10. The van der Waals surface area contributed by atoms with Gasteiger partial charge in [-0.2, -0.15) is 0 Å². The molecule has 1 fully saturated rings. The molecule has 0 aromatic carbocycles. The van der Waals surface area contributed by atoms with Gasteiger partial charge in [-0.15, -0.1) is 13.2 Å². The van der Waals surface area contributed by atoms with Gasteiger partial charge in [0.15, 0.2) is 11.4 Å². The number of fused-ring (bicyclic) bond motifs is 1. The maximum absolute atomic E-state index is 14.2. The molecule has 176 valence electrons. The second-order valence-electron chi connectivity index (χ2n) is 8.16. The van der Waals surface area contributed by atoms with Gasteiger partial charge in [0.2, 0.25) is 17.4 Å². The minimum Gasteiger partial charge on any atom is -0.493 e. The molecule has 8 nitrogen and oxygen atoms in total. The van der Waals surface area contributed by atoms with Crippen LogP contribution in [0.15, 0.2) is 48.8 Å². The topological polar surface area (TPSA) is 89.5 Å². The molecule has 0 saturated heterocycles. The summed E-state index contributed by atoms with van der Waals surface area (Å²) in [6, 6.07) is 0. The molecule has 4 aliphatic carbocycles. The smallest absolute Gasteiger partial charge is 0.256 e. The van der Waals surface area contributed by atoms with E-state index in [4.69, 9.17) is 28.4 Å². The van der Waals surface area contributed by atoms with E-state index in [2.05, 4.69) is 13.2 Å². The molecule has 0 aliphatic heterocycles. The van der Waals surface area contributed by atoms with Crippen LogP contribution in [-0.4, -0.2) is 71.4 Å². The molecule has 0 radical (unpaired) electrons. The fourth-order valence-electron chi connectivity index (χ4n) is 6.20. The largest absolute Gasteiger partial charge is 0.493 e. The van der Waals surface area contributed by atoms with Crippen molar-refractivity contribution >= 4 is 11.6 Å². The van der Waals surface area contributed by atoms with Gasteiger partial charge in [-0.1, -0.05) is 17.7 Å². The first kappa shape index (κ1) is 24.5. The molecule has 4 rings (SSSR count). The molecule has 1 saturated carbocycles. The van der Waals surface area contributed by atoms with E-state index in [0.717, 1.165) is 5.57 Å². The standard InChI is InChI=1S/C24H32O8/c1-9-11-15-13-22(28-4)20(26)23(29-5,30-6)17(15)18-21(22,12-10-2)14-16(27-3)19(25)24(18,31-7)32-8/h9-10,13-14,17-18H,1-2,11-12H2,3-8H3/t17-,18-,21+,22+/m1/s1. The Morgan fingerprint density at radius 3 is 1.91 bits per heavy atom. The van der Waals surface area contributed by atoms with E-state index in [0.29, 0.717) is 6.42 Å². The van der Waals surface area contributed by atoms with Crippen LogP contribution in [0.2, 0.25) is 0 Å². The summed E-state index contributed by atoms with van der Waals surface area (Å²) < 4.78 is 34.8. The van der Waals surface area contributed by atoms with Crippen LogP contribution in [0.5, 0.6) is 0 Å². The summed E-state index contributed by atoms with van der Waals surface area (Å²) in [4.78, 5) is 27.8. The SMILES string of the molecule is C=CCC1=C[C@]2(OC)C(=O)C(OC)(OC)[C@H]1[C@H]1C(OC)(OC)C(=O)C(OC)=C[C@@]12CC=C. The summed E-state index contributed by atoms with van der Waals surface area (Å²) in [5.74, 6) is -5.98. The van der Waals surface area contributed by atoms with Crippen LogP contribution in [0.1, 0.15) is 12.8 Å². The van der Waals surface area contributed by atoms with Crippen LogP contribution >= 0.6 is 0 Å². The molecular weight excluding hydrogens is 416 g/mol. The van der Waals surface area contributed by atoms with Gasteiger partial charge >= 0.3 is 0 Å². The highest BCUT2D eigenvalue weighted by Crippen LogP contribution is 2.69. The fraction of sp³-hybridized carbons (Fsp3) is 0.583. The third-order valence-corrected chi connectivity index (χ3v) is 7.39. The molecule has 0 spiro atoms. The third-order valence-electron chi connectivity index (χ3n) is 7.39. The van der Waals surface area contributed by atoms with Crippen molar-refractivity contribution in [3.05, 3.63) is 48.8 Å². The van der Waals surface area contributed by atoms with E-state index in [1.165, 1.54) is 42.7 Å². The van der Waals surface area contributed by atoms with Gasteiger partial charge < -0.3 is 28.4 Å². The lowest BCUT2D eigenvalue weighted by atomic mass is 9.41. The Bertz CT molecular complexity index is 878. The van der Waals surface area contributed by atoms with Crippen LogP contribution in [0.3, 0.4) is 0 Å². The Labute approximate surface area is 188 Å². The molecular formula is C24H32O8. The quantitative estimate of drug-likeness (QED) is 0.372. The number of Topliss-reactive ketones (excluding diaryl/α,β-unsaturated/α-hetero) is 2. The highest BCUT2D eigenvalue weighted by Gasteiger charge is 2.82. The molecule has 0 heterocycles. The zero-order valence-electron chi connectivity index (χ0n) is 19.6. The molecule has 4 aliphatic rings. The number of rotatable bonds is 10. The van der Waals surface area contributed by atoms with E-state index in [1.54, 1.807) is 24.3 Å². The molecule has 0 N–H and O–H groups in total. The first-order valence-electron chi connectivity index (χ1n) is 10.3. The van der Waals surface area contributed by atoms with Crippen molar-refractivity contribution in [2.24, 2.45) is 17.3 Å². The van der Waals surface area contributed by atoms with E-state index in [9.17, 15) is 9.59 Å². The number of hydrogen-bond donors (Lipinski definition) is 0. The maximum atomic E-state index is 14.2. The second-order valence-corrected chi connectivity index (χ2v) is 8.16. The van der Waals surface area contributed by atoms with Crippen molar-refractivity contribution in [3.63, 3.8) is 0 Å². The van der Waals surface area contributed by atoms with Crippen molar-refractivity contribution in [3.8, 4) is 0 Å². The summed E-state index contributed by atoms with van der Waals surface area (Å²) in [6.45, 7) is 7.77. The van der Waals surface area contributed by atoms with Crippen molar-refractivity contribution < 1.29 is 38.0 Å². The normalized spacial score (nSPS) is 34.4. The predicted molar refractivity (Wildman–Crippen MR) is 115 cm³/mol. The van der Waals surface area contributed by atoms with Crippen LogP contribution in [0.25, 0.3) is 0 Å². The fourth-order valence-corrected chi connectivity index (χ4v) is 6.20. The predicted octanol–water partition coefficient (Wildman–Crippen LogP) is 2.36. The van der Waals surface area contributed by atoms with Crippen LogP contribution in [0, 0.1) is 17.3 Å². The molecule has 2 bridgehead atoms. The van der Waals surface area contributed by atoms with Crippen LogP contribution < -0.4 is 0 Å². The number of carbonyl (C=O) groups is 2. The average molecular weight is 449 g/mol. The molecule has 4 atom stereocenters. The Balaban J connectivity index is 2.57. The summed E-state index contributed by atoms with van der Waals surface area (Å²) >= 11 is 0. The van der Waals surface area contributed by atoms with E-state index >= 15 is 0 Å². The molecule has 32 heavy (non-hydrogen) atoms. The summed E-state index contributed by atoms with van der Waals surface area (Å²) in [5.41, 5.74) is -1.95. The molecule has 0 unspecified atom stereocenters. The van der Waals surface area contributed by atoms with Crippen LogP contribution in [0.4, 0.5) is 0 Å². The highest BCUT2D eigenvalue weighted by atomic mass is 16.7. The number of carbonyl (C=O) groups excluding carboxylic acids is 2. The van der Waals surface area contributed by atoms with Gasteiger partial charge in [-0.25, -0.2) is 0 Å². The van der Waals surface area contributed by atoms with Gasteiger partial charge in [0, 0.05) is 46.9 Å². The number of allylic oxidation sites excluding steroid dienone is 2. The average Bonchev–Trinajstić information content (AvgIpc) is 2.81. The summed E-state index contributed by atoms with van der Waals surface area (Å²) in [5, 5.41) is 0. The Morgan fingerprint density at radius 2 is 1.47 bits per heavy atom. The third kappa shape index (κ3) is 2.55. The minimum absolute atomic E-state index is 0.0164. The van der Waals surface area contributed by atoms with Crippen molar-refractivity contribution in [1.29, 1.82) is 0 Å². The van der Waals surface area contributed by atoms with Gasteiger partial charge in [-0.05, 0) is 25.0 Å². The highest BCUT2D eigenvalue weighted by molar-refractivity contribution is 6.05. The first-order valence-corrected chi connectivity index (χ1v) is 10.3. The van der Waals surface area contributed by atoms with Gasteiger partial charge in [0.25, 0.3) is 5.78 Å². The number of hydrogen-bond acceptors (Lipinski definition) is 8. The second kappa shape index (κ2) is 8.35. The Kier molecular flexibility index (Phi) is 6.40. The van der Waals surface area contributed by atoms with Gasteiger partial charge in [0.05, 0.1) is 13.0 Å². The Morgan fingerprint density at radius 1 is 0.875 bits per heavy atom. The summed E-state index contributed by atoms with van der Waals surface area (Å²) in [6.07, 6.45) is 7.53. The molecule has 8 heteroatoms. The lowest BCUT2D eigenvalue weighted by Crippen LogP contribution is -2.81. The first-order chi connectivity index (χ1) is 15.3. The van der Waals surface area contributed by atoms with E-state index < -0.39 is 46.0 Å². The zero-order valence-corrected chi connectivity index (χ0v) is 19.6. The molecule has 0 aromatic heterocycles. The molecule has 0 aromatic rings. The minimum atomic E-state index is -1.80. The van der Waals surface area contributed by atoms with Gasteiger partial charge in [0.1, 0.15) is 0 Å². The maximum Gasteiger partial charge on any atom is 0.256 e. The van der Waals surface area contributed by atoms with Crippen molar-refractivity contribution in [1.82, 2.24) is 0 Å². The number of ether oxygens (including phenoxy) is 6. The number of ketones is 2. The van der Waals surface area contributed by atoms with Crippen LogP contribution in [-0.2, 0) is 38.0 Å². The lowest BCUT2D eigenvalue weighted by molar-refractivity contribution is -0.330. The zero-order chi connectivity index (χ0) is 23.9. The van der Waals surface area contributed by atoms with E-state index in [1.807, 2.05) is 0 Å². The van der Waals surface area contributed by atoms with Gasteiger partial charge in [-0.3, -0.25) is 9.59 Å². The van der Waals surface area contributed by atoms with Crippen molar-refractivity contribution in [2.45, 2.75) is 30.0 Å². The van der Waals surface area contributed by atoms with E-state index in [-0.39, 0.29) is 12.2 Å². The molecule has 0 amide bonds. The monoisotopic (exact) mass is 448 g/mol. The lowest BCUT2D eigenvalue weighted by Gasteiger charge is -2.67.